The molecule has 0 aliphatic carbocycles. The van der Waals surface area contributed by atoms with E-state index < -0.39 is 16.5 Å². The maximum absolute atomic E-state index is 12.3. The number of hydrogen-bond donors (Lipinski definition) is 2. The van der Waals surface area contributed by atoms with E-state index in [1.165, 1.54) is 23.1 Å². The molecule has 1 aromatic heterocycles. The molecular formula is C17H14Cl2N8O3. The summed E-state index contributed by atoms with van der Waals surface area (Å²) in [6, 6.07) is 8.13. The van der Waals surface area contributed by atoms with Gasteiger partial charge in [-0.25, -0.2) is 9.97 Å². The van der Waals surface area contributed by atoms with Crippen molar-refractivity contribution in [1.82, 2.24) is 15.4 Å². The van der Waals surface area contributed by atoms with Crippen molar-refractivity contribution < 1.29 is 9.72 Å². The third-order valence-corrected chi connectivity index (χ3v) is 4.29. The number of nitro groups is 1. The summed E-state index contributed by atoms with van der Waals surface area (Å²) in [5, 5.41) is 29.8. The molecule has 13 heteroatoms. The Morgan fingerprint density at radius 1 is 1.20 bits per heavy atom. The second kappa shape index (κ2) is 10.8. The van der Waals surface area contributed by atoms with Crippen LogP contribution in [0.4, 0.5) is 17.3 Å². The Bertz CT molecular complexity index is 1020. The average molecular weight is 449 g/mol. The van der Waals surface area contributed by atoms with Crippen LogP contribution in [-0.4, -0.2) is 33.9 Å². The zero-order valence-corrected chi connectivity index (χ0v) is 16.8. The quantitative estimate of drug-likeness (QED) is 0.433. The van der Waals surface area contributed by atoms with Gasteiger partial charge in [0.05, 0.1) is 40.5 Å². The first-order valence-electron chi connectivity index (χ1n) is 8.38. The molecule has 0 fully saturated rings. The monoisotopic (exact) mass is 448 g/mol. The van der Waals surface area contributed by atoms with Crippen LogP contribution in [0.15, 0.2) is 24.5 Å². The third kappa shape index (κ3) is 5.67. The molecular weight excluding hydrogens is 435 g/mol. The summed E-state index contributed by atoms with van der Waals surface area (Å²) >= 11 is 11.8. The summed E-state index contributed by atoms with van der Waals surface area (Å²) < 4.78 is 0. The fourth-order valence-electron chi connectivity index (χ4n) is 2.41. The Hall–Kier alpha value is -3.67. The van der Waals surface area contributed by atoms with E-state index in [2.05, 4.69) is 20.8 Å². The van der Waals surface area contributed by atoms with Gasteiger partial charge in [0.1, 0.15) is 6.33 Å². The number of rotatable bonds is 9. The number of carbonyl (C=O) groups is 1. The normalized spacial score (nSPS) is 9.87. The van der Waals surface area contributed by atoms with Crippen LogP contribution in [0.2, 0.25) is 10.0 Å². The van der Waals surface area contributed by atoms with Gasteiger partial charge < -0.3 is 4.90 Å². The number of nitrogens with one attached hydrogen (secondary N) is 2. The smallest absolute Gasteiger partial charge is 0.349 e. The molecule has 2 N–H and O–H groups in total. The van der Waals surface area contributed by atoms with Crippen LogP contribution < -0.4 is 15.8 Å². The van der Waals surface area contributed by atoms with Crippen LogP contribution in [0.25, 0.3) is 0 Å². The van der Waals surface area contributed by atoms with Gasteiger partial charge in [-0.05, 0) is 18.2 Å². The number of carbonyl (C=O) groups excluding carboxylic acids is 1. The summed E-state index contributed by atoms with van der Waals surface area (Å²) in [7, 11) is 0. The van der Waals surface area contributed by atoms with Crippen LogP contribution in [0.3, 0.4) is 0 Å². The highest BCUT2D eigenvalue weighted by molar-refractivity contribution is 6.36. The summed E-state index contributed by atoms with van der Waals surface area (Å²) in [4.78, 5) is 32.5. The van der Waals surface area contributed by atoms with Gasteiger partial charge in [-0.3, -0.25) is 25.8 Å². The zero-order chi connectivity index (χ0) is 22.1. The van der Waals surface area contributed by atoms with Crippen molar-refractivity contribution in [2.45, 2.75) is 12.8 Å². The molecule has 0 aliphatic heterocycles. The van der Waals surface area contributed by atoms with E-state index in [9.17, 15) is 14.9 Å². The number of anilines is 2. The molecule has 0 saturated carbocycles. The van der Waals surface area contributed by atoms with Gasteiger partial charge in [0.25, 0.3) is 5.91 Å². The second-order valence-electron chi connectivity index (χ2n) is 5.66. The van der Waals surface area contributed by atoms with Gasteiger partial charge in [0.15, 0.2) is 0 Å². The van der Waals surface area contributed by atoms with Gasteiger partial charge in [-0.1, -0.05) is 23.2 Å². The number of amides is 1. The lowest BCUT2D eigenvalue weighted by molar-refractivity contribution is -0.383. The second-order valence-corrected chi connectivity index (χ2v) is 6.50. The Kier molecular flexibility index (Phi) is 8.11. The Balaban J connectivity index is 2.30. The third-order valence-electron chi connectivity index (χ3n) is 3.74. The number of aromatic nitrogens is 2. The molecule has 1 heterocycles. The van der Waals surface area contributed by atoms with Crippen molar-refractivity contribution in [3.05, 3.63) is 50.2 Å². The highest BCUT2D eigenvalue weighted by Crippen LogP contribution is 2.31. The minimum Gasteiger partial charge on any atom is -0.349 e. The van der Waals surface area contributed by atoms with Crippen LogP contribution in [0.1, 0.15) is 23.2 Å². The highest BCUT2D eigenvalue weighted by atomic mass is 35.5. The molecule has 0 saturated heterocycles. The van der Waals surface area contributed by atoms with Crippen molar-refractivity contribution in [2.24, 2.45) is 0 Å². The maximum atomic E-state index is 12.3. The maximum Gasteiger partial charge on any atom is 0.355 e. The Morgan fingerprint density at radius 3 is 2.43 bits per heavy atom. The first-order chi connectivity index (χ1) is 14.4. The van der Waals surface area contributed by atoms with E-state index in [1.54, 1.807) is 0 Å². The average Bonchev–Trinajstić information content (AvgIpc) is 2.71. The standard InChI is InChI=1S/C17H14Cl2N8O3/c18-11-3-4-12(13(19)9-11)17(28)25-24-15-14(27(29)30)16(23-10-22-15)26(7-1-5-20)8-2-6-21/h3-4,9-10H,1-2,7-8H2,(H,25,28)(H,22,23,24). The van der Waals surface area contributed by atoms with E-state index in [4.69, 9.17) is 33.7 Å². The minimum absolute atomic E-state index is 0.0706. The predicted octanol–water partition coefficient (Wildman–Crippen LogP) is 3.08. The van der Waals surface area contributed by atoms with E-state index >= 15 is 0 Å². The van der Waals surface area contributed by atoms with Gasteiger partial charge in [0, 0.05) is 18.1 Å². The lowest BCUT2D eigenvalue weighted by atomic mass is 10.2. The van der Waals surface area contributed by atoms with E-state index in [-0.39, 0.29) is 48.2 Å². The predicted molar refractivity (Wildman–Crippen MR) is 109 cm³/mol. The highest BCUT2D eigenvalue weighted by Gasteiger charge is 2.27. The van der Waals surface area contributed by atoms with Crippen LogP contribution >= 0.6 is 23.2 Å². The van der Waals surface area contributed by atoms with Gasteiger partial charge in [-0.2, -0.15) is 10.5 Å². The number of nitrogens with zero attached hydrogens (tertiary/aromatic N) is 6. The molecule has 0 radical (unpaired) electrons. The number of hydrazine groups is 1. The van der Waals surface area contributed by atoms with Crippen LogP contribution in [0.5, 0.6) is 0 Å². The van der Waals surface area contributed by atoms with Crippen molar-refractivity contribution in [2.75, 3.05) is 23.4 Å². The van der Waals surface area contributed by atoms with Crippen LogP contribution in [0, 0.1) is 32.8 Å². The van der Waals surface area contributed by atoms with E-state index in [0.717, 1.165) is 6.33 Å². The number of halogens is 2. The molecule has 2 rings (SSSR count). The van der Waals surface area contributed by atoms with Gasteiger partial charge in [-0.15, -0.1) is 0 Å². The Labute approximate surface area is 181 Å². The topological polar surface area (TPSA) is 161 Å². The largest absolute Gasteiger partial charge is 0.355 e. The van der Waals surface area contributed by atoms with Crippen LogP contribution in [-0.2, 0) is 0 Å². The Morgan fingerprint density at radius 2 is 1.87 bits per heavy atom. The van der Waals surface area contributed by atoms with E-state index in [1.807, 2.05) is 12.1 Å². The lowest BCUT2D eigenvalue weighted by Crippen LogP contribution is -2.32. The van der Waals surface area contributed by atoms with Gasteiger partial charge >= 0.3 is 5.69 Å². The van der Waals surface area contributed by atoms with Crippen molar-refractivity contribution >= 4 is 46.4 Å². The summed E-state index contributed by atoms with van der Waals surface area (Å²) in [6.07, 6.45) is 1.21. The summed E-state index contributed by atoms with van der Waals surface area (Å²) in [6.45, 7) is 0.254. The molecule has 11 nitrogen and oxygen atoms in total. The fraction of sp³-hybridized carbons (Fsp3) is 0.235. The molecule has 0 unspecified atom stereocenters. The first kappa shape index (κ1) is 22.6. The molecule has 0 bridgehead atoms. The molecule has 0 spiro atoms. The van der Waals surface area contributed by atoms with Crippen molar-refractivity contribution in [3.63, 3.8) is 0 Å². The molecule has 30 heavy (non-hydrogen) atoms. The lowest BCUT2D eigenvalue weighted by Gasteiger charge is -2.21. The van der Waals surface area contributed by atoms with Crippen molar-refractivity contribution in [3.8, 4) is 12.1 Å². The molecule has 2 aromatic rings. The molecule has 1 aromatic carbocycles. The first-order valence-corrected chi connectivity index (χ1v) is 9.14. The van der Waals surface area contributed by atoms with E-state index in [0.29, 0.717) is 5.02 Å². The fourth-order valence-corrected chi connectivity index (χ4v) is 2.91. The molecule has 0 aliphatic rings. The molecule has 0 atom stereocenters. The number of hydrogen-bond acceptors (Lipinski definition) is 9. The zero-order valence-electron chi connectivity index (χ0n) is 15.3. The number of nitriles is 2. The van der Waals surface area contributed by atoms with Crippen molar-refractivity contribution in [1.29, 1.82) is 10.5 Å². The SMILES string of the molecule is N#CCCN(CCC#N)c1ncnc(NNC(=O)c2ccc(Cl)cc2Cl)c1[N+](=O)[O-]. The number of benzene rings is 1. The summed E-state index contributed by atoms with van der Waals surface area (Å²) in [5.41, 5.74) is 4.27. The molecule has 1 amide bonds. The van der Waals surface area contributed by atoms with Gasteiger partial charge in [0.2, 0.25) is 11.6 Å². The molecule has 154 valence electrons. The summed E-state index contributed by atoms with van der Waals surface area (Å²) in [5.74, 6) is -1.03. The minimum atomic E-state index is -0.717.